The van der Waals surface area contributed by atoms with Crippen molar-refractivity contribution in [1.29, 1.82) is 0 Å². The first kappa shape index (κ1) is 13.1. The Hall–Kier alpha value is 0.0700. The van der Waals surface area contributed by atoms with E-state index in [0.29, 0.717) is 5.92 Å². The molecule has 18 heavy (non-hydrogen) atoms. The third-order valence-electron chi connectivity index (χ3n) is 4.76. The van der Waals surface area contributed by atoms with Crippen molar-refractivity contribution in [3.05, 3.63) is 0 Å². The molecule has 2 unspecified atom stereocenters. The summed E-state index contributed by atoms with van der Waals surface area (Å²) < 4.78 is 18.4. The first-order chi connectivity index (χ1) is 8.76. The van der Waals surface area contributed by atoms with Gasteiger partial charge in [0.2, 0.25) is 0 Å². The van der Waals surface area contributed by atoms with Crippen molar-refractivity contribution < 1.29 is 8.95 Å². The largest absolute Gasteiger partial charge is 0.371 e. The fourth-order valence-corrected chi connectivity index (χ4v) is 5.13. The zero-order chi connectivity index (χ0) is 12.4. The maximum atomic E-state index is 12.1. The summed E-state index contributed by atoms with van der Waals surface area (Å²) >= 11 is 0. The summed E-state index contributed by atoms with van der Waals surface area (Å²) in [5, 5.41) is 3.24. The molecule has 2 heterocycles. The van der Waals surface area contributed by atoms with E-state index in [1.54, 1.807) is 0 Å². The number of nitrogens with one attached hydrogen (secondary N) is 1. The maximum Gasteiger partial charge on any atom is 0.0698 e. The summed E-state index contributed by atoms with van der Waals surface area (Å²) in [6.45, 7) is 2.11. The van der Waals surface area contributed by atoms with E-state index in [9.17, 15) is 4.21 Å². The Morgan fingerprint density at radius 1 is 1.11 bits per heavy atom. The van der Waals surface area contributed by atoms with Gasteiger partial charge >= 0.3 is 0 Å². The summed E-state index contributed by atoms with van der Waals surface area (Å²) in [7, 11) is -0.675. The predicted molar refractivity (Wildman–Crippen MR) is 74.2 cm³/mol. The van der Waals surface area contributed by atoms with Gasteiger partial charge in [-0.05, 0) is 31.6 Å². The zero-order valence-electron chi connectivity index (χ0n) is 11.2. The SMILES string of the molecule is O=S(CC1CNC1)CC1CCC2(CCCCC2)O1. The highest BCUT2D eigenvalue weighted by molar-refractivity contribution is 7.85. The van der Waals surface area contributed by atoms with E-state index >= 15 is 0 Å². The Morgan fingerprint density at radius 3 is 2.56 bits per heavy atom. The molecule has 0 aromatic heterocycles. The highest BCUT2D eigenvalue weighted by Crippen LogP contribution is 2.42. The smallest absolute Gasteiger partial charge is 0.0698 e. The fraction of sp³-hybridized carbons (Fsp3) is 1.00. The van der Waals surface area contributed by atoms with E-state index in [1.807, 2.05) is 0 Å². The molecule has 0 aromatic rings. The second-order valence-corrected chi connectivity index (χ2v) is 7.87. The third-order valence-corrected chi connectivity index (χ3v) is 6.35. The van der Waals surface area contributed by atoms with Gasteiger partial charge in [0.05, 0.1) is 11.7 Å². The van der Waals surface area contributed by atoms with Gasteiger partial charge in [-0.3, -0.25) is 4.21 Å². The van der Waals surface area contributed by atoms with E-state index in [0.717, 1.165) is 31.0 Å². The minimum absolute atomic E-state index is 0.186. The lowest BCUT2D eigenvalue weighted by Crippen LogP contribution is -2.45. The van der Waals surface area contributed by atoms with E-state index in [1.165, 1.54) is 38.5 Å². The molecular weight excluding hydrogens is 246 g/mol. The highest BCUT2D eigenvalue weighted by Gasteiger charge is 2.41. The molecule has 2 atom stereocenters. The molecule has 3 fully saturated rings. The van der Waals surface area contributed by atoms with Gasteiger partial charge in [-0.15, -0.1) is 0 Å². The second-order valence-electron chi connectivity index (χ2n) is 6.32. The van der Waals surface area contributed by atoms with E-state index in [-0.39, 0.29) is 11.7 Å². The lowest BCUT2D eigenvalue weighted by Gasteiger charge is -2.33. The average Bonchev–Trinajstić information content (AvgIpc) is 2.68. The third kappa shape index (κ3) is 2.97. The van der Waals surface area contributed by atoms with Crippen molar-refractivity contribution in [1.82, 2.24) is 5.32 Å². The van der Waals surface area contributed by atoms with Crippen LogP contribution in [0.1, 0.15) is 44.9 Å². The summed E-state index contributed by atoms with van der Waals surface area (Å²) in [5.74, 6) is 2.30. The van der Waals surface area contributed by atoms with Crippen LogP contribution in [0.5, 0.6) is 0 Å². The van der Waals surface area contributed by atoms with Gasteiger partial charge in [-0.25, -0.2) is 0 Å². The monoisotopic (exact) mass is 271 g/mol. The average molecular weight is 271 g/mol. The van der Waals surface area contributed by atoms with Gasteiger partial charge in [0.15, 0.2) is 0 Å². The first-order valence-corrected chi connectivity index (χ1v) is 8.98. The molecule has 0 aromatic carbocycles. The molecule has 3 aliphatic rings. The second kappa shape index (κ2) is 5.59. The minimum Gasteiger partial charge on any atom is -0.371 e. The highest BCUT2D eigenvalue weighted by atomic mass is 32.2. The molecule has 1 saturated carbocycles. The Kier molecular flexibility index (Phi) is 4.06. The molecule has 2 aliphatic heterocycles. The van der Waals surface area contributed by atoms with Crippen molar-refractivity contribution in [3.8, 4) is 0 Å². The van der Waals surface area contributed by atoms with Crippen molar-refractivity contribution in [2.45, 2.75) is 56.7 Å². The molecule has 104 valence electrons. The van der Waals surface area contributed by atoms with Crippen LogP contribution in [0.15, 0.2) is 0 Å². The van der Waals surface area contributed by atoms with E-state index in [2.05, 4.69) is 5.32 Å². The van der Waals surface area contributed by atoms with E-state index in [4.69, 9.17) is 4.74 Å². The van der Waals surface area contributed by atoms with Gasteiger partial charge in [-0.2, -0.15) is 0 Å². The van der Waals surface area contributed by atoms with Gasteiger partial charge in [0, 0.05) is 35.4 Å². The molecule has 0 bridgehead atoms. The zero-order valence-corrected chi connectivity index (χ0v) is 12.0. The molecule has 1 aliphatic carbocycles. The van der Waals surface area contributed by atoms with E-state index < -0.39 is 10.8 Å². The summed E-state index contributed by atoms with van der Waals surface area (Å²) in [5.41, 5.74) is 0.186. The molecule has 3 rings (SSSR count). The molecule has 2 saturated heterocycles. The summed E-state index contributed by atoms with van der Waals surface area (Å²) in [6.07, 6.45) is 9.11. The topological polar surface area (TPSA) is 38.3 Å². The van der Waals surface area contributed by atoms with Gasteiger partial charge in [-0.1, -0.05) is 19.3 Å². The molecular formula is C14H25NO2S. The number of ether oxygens (including phenoxy) is 1. The van der Waals surface area contributed by atoms with Crippen LogP contribution in [0, 0.1) is 5.92 Å². The maximum absolute atomic E-state index is 12.1. The normalized spacial score (nSPS) is 33.4. The first-order valence-electron chi connectivity index (χ1n) is 7.49. The Morgan fingerprint density at radius 2 is 1.89 bits per heavy atom. The number of rotatable bonds is 4. The number of hydrogen-bond acceptors (Lipinski definition) is 3. The Labute approximate surface area is 113 Å². The van der Waals surface area contributed by atoms with Crippen molar-refractivity contribution in [2.75, 3.05) is 24.6 Å². The van der Waals surface area contributed by atoms with Crippen LogP contribution in [0.25, 0.3) is 0 Å². The standard InChI is InChI=1S/C14H25NO2S/c16-18(10-12-8-15-9-12)11-13-4-7-14(17-13)5-2-1-3-6-14/h12-13,15H,1-11H2. The van der Waals surface area contributed by atoms with Crippen LogP contribution >= 0.6 is 0 Å². The Bertz CT molecular complexity index is 311. The van der Waals surface area contributed by atoms with Crippen LogP contribution in [0.4, 0.5) is 0 Å². The van der Waals surface area contributed by atoms with Gasteiger partial charge in [0.1, 0.15) is 0 Å². The lowest BCUT2D eigenvalue weighted by molar-refractivity contribution is -0.0557. The van der Waals surface area contributed by atoms with Crippen molar-refractivity contribution in [2.24, 2.45) is 5.92 Å². The van der Waals surface area contributed by atoms with Crippen LogP contribution in [-0.4, -0.2) is 40.5 Å². The Balaban J connectivity index is 1.45. The summed E-state index contributed by atoms with van der Waals surface area (Å²) in [4.78, 5) is 0. The molecule has 0 radical (unpaired) electrons. The van der Waals surface area contributed by atoms with Crippen LogP contribution in [0.3, 0.4) is 0 Å². The fourth-order valence-electron chi connectivity index (χ4n) is 3.58. The molecule has 0 amide bonds. The van der Waals surface area contributed by atoms with Gasteiger partial charge in [0.25, 0.3) is 0 Å². The molecule has 1 N–H and O–H groups in total. The quantitative estimate of drug-likeness (QED) is 0.848. The minimum atomic E-state index is -0.675. The summed E-state index contributed by atoms with van der Waals surface area (Å²) in [6, 6.07) is 0. The van der Waals surface area contributed by atoms with Crippen molar-refractivity contribution >= 4 is 10.8 Å². The molecule has 4 heteroatoms. The molecule has 1 spiro atoms. The van der Waals surface area contributed by atoms with Crippen molar-refractivity contribution in [3.63, 3.8) is 0 Å². The predicted octanol–water partition coefficient (Wildman–Crippen LogP) is 1.84. The van der Waals surface area contributed by atoms with Crippen LogP contribution in [-0.2, 0) is 15.5 Å². The number of hydrogen-bond donors (Lipinski definition) is 1. The van der Waals surface area contributed by atoms with Crippen LogP contribution < -0.4 is 5.32 Å². The van der Waals surface area contributed by atoms with Crippen LogP contribution in [0.2, 0.25) is 0 Å². The van der Waals surface area contributed by atoms with Gasteiger partial charge < -0.3 is 10.1 Å². The molecule has 3 nitrogen and oxygen atoms in total. The lowest BCUT2D eigenvalue weighted by atomic mass is 9.83.